The smallest absolute Gasteiger partial charge is 0.179 e. The van der Waals surface area contributed by atoms with Crippen LogP contribution in [0.3, 0.4) is 0 Å². The molecule has 3 heterocycles. The number of benzene rings is 1. The van der Waals surface area contributed by atoms with Gasteiger partial charge in [0.25, 0.3) is 0 Å². The molecule has 1 aromatic carbocycles. The number of nitrogen functional groups attached to an aromatic ring is 1. The Morgan fingerprint density at radius 2 is 2.04 bits per heavy atom. The molecule has 120 valence electrons. The maximum atomic E-state index is 9.22. The van der Waals surface area contributed by atoms with Crippen molar-refractivity contribution in [2.75, 3.05) is 18.8 Å². The molecule has 0 saturated carbocycles. The van der Waals surface area contributed by atoms with Gasteiger partial charge in [-0.3, -0.25) is 0 Å². The van der Waals surface area contributed by atoms with Gasteiger partial charge in [0.2, 0.25) is 0 Å². The highest BCUT2D eigenvalue weighted by molar-refractivity contribution is 5.90. The molecule has 0 amide bonds. The number of para-hydroxylation sites is 1. The van der Waals surface area contributed by atoms with Crippen molar-refractivity contribution in [3.63, 3.8) is 0 Å². The highest BCUT2D eigenvalue weighted by Crippen LogP contribution is 2.35. The highest BCUT2D eigenvalue weighted by atomic mass is 15.1. The van der Waals surface area contributed by atoms with Crippen molar-refractivity contribution in [3.8, 4) is 11.9 Å². The van der Waals surface area contributed by atoms with Gasteiger partial charge < -0.3 is 15.2 Å². The zero-order chi connectivity index (χ0) is 16.5. The van der Waals surface area contributed by atoms with Crippen molar-refractivity contribution in [2.45, 2.75) is 18.8 Å². The molecule has 1 aliphatic heterocycles. The molecule has 6 heteroatoms. The lowest BCUT2D eigenvalue weighted by molar-refractivity contribution is 0.292. The maximum absolute atomic E-state index is 9.22. The van der Waals surface area contributed by atoms with E-state index in [-0.39, 0.29) is 5.92 Å². The van der Waals surface area contributed by atoms with Crippen LogP contribution in [0, 0.1) is 11.5 Å². The molecular formula is C18H18N6. The van der Waals surface area contributed by atoms with Gasteiger partial charge in [0, 0.05) is 36.5 Å². The molecule has 0 spiro atoms. The number of likely N-dealkylation sites (tertiary alicyclic amines) is 1. The molecule has 0 radical (unpaired) electrons. The fourth-order valence-electron chi connectivity index (χ4n) is 3.52. The molecular weight excluding hydrogens is 300 g/mol. The molecule has 2 aromatic heterocycles. The first-order valence-electron chi connectivity index (χ1n) is 8.09. The molecule has 0 aliphatic carbocycles. The Morgan fingerprint density at radius 1 is 1.21 bits per heavy atom. The lowest BCUT2D eigenvalue weighted by Gasteiger charge is -2.28. The summed E-state index contributed by atoms with van der Waals surface area (Å²) >= 11 is 0. The summed E-state index contributed by atoms with van der Waals surface area (Å²) in [7, 11) is 0. The number of nitrogens with zero attached hydrogens (tertiary/aromatic N) is 5. The lowest BCUT2D eigenvalue weighted by Crippen LogP contribution is -2.30. The van der Waals surface area contributed by atoms with E-state index in [1.54, 1.807) is 0 Å². The van der Waals surface area contributed by atoms with Gasteiger partial charge in [-0.15, -0.1) is 0 Å². The molecule has 1 aliphatic rings. The molecule has 0 bridgehead atoms. The van der Waals surface area contributed by atoms with Crippen LogP contribution < -0.4 is 5.73 Å². The van der Waals surface area contributed by atoms with Gasteiger partial charge in [0.05, 0.1) is 5.52 Å². The topological polar surface area (TPSA) is 83.8 Å². The second-order valence-electron chi connectivity index (χ2n) is 6.13. The van der Waals surface area contributed by atoms with E-state index in [4.69, 9.17) is 5.73 Å². The first-order valence-corrected chi connectivity index (χ1v) is 8.09. The van der Waals surface area contributed by atoms with Gasteiger partial charge >= 0.3 is 0 Å². The maximum Gasteiger partial charge on any atom is 0.179 e. The first kappa shape index (κ1) is 14.5. The zero-order valence-corrected chi connectivity index (χ0v) is 13.3. The van der Waals surface area contributed by atoms with E-state index < -0.39 is 0 Å². The molecule has 24 heavy (non-hydrogen) atoms. The first-order chi connectivity index (χ1) is 11.8. The van der Waals surface area contributed by atoms with Crippen molar-refractivity contribution in [2.24, 2.45) is 0 Å². The summed E-state index contributed by atoms with van der Waals surface area (Å²) in [6.45, 7) is 1.57. The fraction of sp³-hybridized carbons (Fsp3) is 0.278. The summed E-state index contributed by atoms with van der Waals surface area (Å²) in [4.78, 5) is 10.5. The van der Waals surface area contributed by atoms with Crippen LogP contribution in [0.4, 0.5) is 5.82 Å². The molecule has 1 atom stereocenters. The van der Waals surface area contributed by atoms with E-state index in [0.717, 1.165) is 48.2 Å². The van der Waals surface area contributed by atoms with Crippen LogP contribution in [0.25, 0.3) is 16.7 Å². The summed E-state index contributed by atoms with van der Waals surface area (Å²) in [5, 5.41) is 9.22. The number of fused-ring (bicyclic) bond motifs is 1. The summed E-state index contributed by atoms with van der Waals surface area (Å²) in [5.74, 6) is 0.753. The molecule has 6 nitrogen and oxygen atoms in total. The number of anilines is 1. The summed E-state index contributed by atoms with van der Waals surface area (Å²) in [6.07, 6.45) is 7.96. The Balaban J connectivity index is 1.88. The van der Waals surface area contributed by atoms with E-state index in [1.165, 1.54) is 6.33 Å². The monoisotopic (exact) mass is 318 g/mol. The van der Waals surface area contributed by atoms with E-state index >= 15 is 0 Å². The quantitative estimate of drug-likeness (QED) is 0.734. The minimum atomic E-state index is 0.278. The van der Waals surface area contributed by atoms with Crippen molar-refractivity contribution in [3.05, 3.63) is 48.4 Å². The van der Waals surface area contributed by atoms with E-state index in [9.17, 15) is 5.26 Å². The molecule has 1 saturated heterocycles. The van der Waals surface area contributed by atoms with E-state index in [2.05, 4.69) is 26.9 Å². The summed E-state index contributed by atoms with van der Waals surface area (Å²) in [6, 6.07) is 10.1. The molecule has 1 fully saturated rings. The average Bonchev–Trinajstić information content (AvgIpc) is 3.04. The number of nitriles is 1. The largest absolute Gasteiger partial charge is 0.382 e. The number of hydrogen-bond acceptors (Lipinski definition) is 5. The zero-order valence-electron chi connectivity index (χ0n) is 13.3. The summed E-state index contributed by atoms with van der Waals surface area (Å²) in [5.41, 5.74) is 10.1. The molecule has 2 N–H and O–H groups in total. The van der Waals surface area contributed by atoms with Gasteiger partial charge in [-0.1, -0.05) is 18.2 Å². The van der Waals surface area contributed by atoms with Crippen molar-refractivity contribution in [1.82, 2.24) is 19.4 Å². The number of piperidine rings is 1. The van der Waals surface area contributed by atoms with Gasteiger partial charge in [0.1, 0.15) is 11.8 Å². The Hall–Kier alpha value is -3.07. The Labute approximate surface area is 140 Å². The molecule has 4 rings (SSSR count). The number of nitrogens with two attached hydrogens (primary N) is 1. The third kappa shape index (κ3) is 2.35. The van der Waals surface area contributed by atoms with Crippen LogP contribution >= 0.6 is 0 Å². The minimum absolute atomic E-state index is 0.278. The SMILES string of the molecule is N#CN1CCCC(c2cn(-c3ccccc3)c3c(N)ncnc23)C1. The van der Waals surface area contributed by atoms with Crippen LogP contribution in [0.15, 0.2) is 42.9 Å². The number of aromatic nitrogens is 3. The third-order valence-corrected chi connectivity index (χ3v) is 4.67. The van der Waals surface area contributed by atoms with Crippen LogP contribution in [0.1, 0.15) is 24.3 Å². The van der Waals surface area contributed by atoms with Crippen LogP contribution in [0.2, 0.25) is 0 Å². The Morgan fingerprint density at radius 3 is 2.83 bits per heavy atom. The summed E-state index contributed by atoms with van der Waals surface area (Å²) < 4.78 is 2.06. The third-order valence-electron chi connectivity index (χ3n) is 4.67. The number of rotatable bonds is 2. The van der Waals surface area contributed by atoms with Crippen LogP contribution in [-0.4, -0.2) is 32.5 Å². The highest BCUT2D eigenvalue weighted by Gasteiger charge is 2.25. The number of hydrogen-bond donors (Lipinski definition) is 1. The molecule has 3 aromatic rings. The standard InChI is InChI=1S/C18H18N6/c19-11-23-8-4-5-13(9-23)15-10-24(14-6-2-1-3-7-14)17-16(15)21-12-22-18(17)20/h1-3,6-7,10,12-13H,4-5,8-9H2,(H2,20,21,22). The predicted octanol–water partition coefficient (Wildman–Crippen LogP) is 2.66. The van der Waals surface area contributed by atoms with E-state index in [0.29, 0.717) is 5.82 Å². The van der Waals surface area contributed by atoms with Crippen molar-refractivity contribution < 1.29 is 0 Å². The Bertz CT molecular complexity index is 908. The molecule has 1 unspecified atom stereocenters. The lowest BCUT2D eigenvalue weighted by atomic mass is 9.92. The second-order valence-corrected chi connectivity index (χ2v) is 6.13. The van der Waals surface area contributed by atoms with Gasteiger partial charge in [-0.05, 0) is 25.0 Å². The predicted molar refractivity (Wildman–Crippen MR) is 92.4 cm³/mol. The average molecular weight is 318 g/mol. The van der Waals surface area contributed by atoms with Crippen LogP contribution in [0.5, 0.6) is 0 Å². The van der Waals surface area contributed by atoms with Gasteiger partial charge in [0.15, 0.2) is 12.0 Å². The normalized spacial score (nSPS) is 17.8. The van der Waals surface area contributed by atoms with Crippen molar-refractivity contribution in [1.29, 1.82) is 5.26 Å². The van der Waals surface area contributed by atoms with Crippen molar-refractivity contribution >= 4 is 16.9 Å². The minimum Gasteiger partial charge on any atom is -0.382 e. The van der Waals surface area contributed by atoms with Gasteiger partial charge in [-0.25, -0.2) is 9.97 Å². The van der Waals surface area contributed by atoms with Crippen LogP contribution in [-0.2, 0) is 0 Å². The van der Waals surface area contributed by atoms with Gasteiger partial charge in [-0.2, -0.15) is 5.26 Å². The second kappa shape index (κ2) is 5.85. The van der Waals surface area contributed by atoms with E-state index in [1.807, 2.05) is 35.2 Å². The fourth-order valence-corrected chi connectivity index (χ4v) is 3.52. The Kier molecular flexibility index (Phi) is 3.54.